The number of aromatic nitrogens is 1. The Bertz CT molecular complexity index is 907. The van der Waals surface area contributed by atoms with E-state index in [4.69, 9.17) is 4.74 Å². The van der Waals surface area contributed by atoms with Crippen LogP contribution >= 0.6 is 11.3 Å². The van der Waals surface area contributed by atoms with E-state index in [9.17, 15) is 14.0 Å². The number of rotatable bonds is 5. The van der Waals surface area contributed by atoms with Crippen LogP contribution in [0.2, 0.25) is 0 Å². The molecule has 0 atom stereocenters. The number of amides is 2. The lowest BCUT2D eigenvalue weighted by atomic mass is 9.86. The lowest BCUT2D eigenvalue weighted by Crippen LogP contribution is -2.38. The Morgan fingerprint density at radius 3 is 2.57 bits per heavy atom. The molecule has 3 rings (SSSR count). The molecular weight excluding hydrogens is 405 g/mol. The highest BCUT2D eigenvalue weighted by Gasteiger charge is 2.26. The first-order chi connectivity index (χ1) is 14.2. The highest BCUT2D eigenvalue weighted by molar-refractivity contribution is 7.15. The van der Waals surface area contributed by atoms with Crippen molar-refractivity contribution >= 4 is 29.0 Å². The van der Waals surface area contributed by atoms with Crippen LogP contribution in [0.4, 0.5) is 14.9 Å². The molecule has 1 aromatic heterocycles. The third-order valence-corrected chi connectivity index (χ3v) is 6.54. The predicted molar refractivity (Wildman–Crippen MR) is 116 cm³/mol. The van der Waals surface area contributed by atoms with Crippen LogP contribution in [0.5, 0.6) is 0 Å². The molecule has 0 bridgehead atoms. The molecule has 0 spiro atoms. The number of anilines is 1. The molecule has 2 amide bonds. The topological polar surface area (TPSA) is 71.5 Å². The van der Waals surface area contributed by atoms with E-state index in [0.29, 0.717) is 17.2 Å². The van der Waals surface area contributed by atoms with Crippen LogP contribution in [-0.2, 0) is 9.53 Å². The maximum absolute atomic E-state index is 14.7. The Morgan fingerprint density at radius 2 is 1.97 bits per heavy atom. The van der Waals surface area contributed by atoms with Crippen molar-refractivity contribution in [3.63, 3.8) is 0 Å². The summed E-state index contributed by atoms with van der Waals surface area (Å²) in [4.78, 5) is 30.0. The van der Waals surface area contributed by atoms with Gasteiger partial charge in [0.15, 0.2) is 0 Å². The fourth-order valence-corrected chi connectivity index (χ4v) is 4.71. The van der Waals surface area contributed by atoms with Crippen molar-refractivity contribution in [2.45, 2.75) is 64.5 Å². The summed E-state index contributed by atoms with van der Waals surface area (Å²) in [6, 6.07) is 4.94. The number of carbonyl (C=O) groups excluding carboxylic acids is 2. The molecule has 1 aromatic carbocycles. The van der Waals surface area contributed by atoms with E-state index in [1.165, 1.54) is 29.2 Å². The molecule has 1 aliphatic carbocycles. The summed E-state index contributed by atoms with van der Waals surface area (Å²) < 4.78 is 19.8. The van der Waals surface area contributed by atoms with Crippen LogP contribution in [-0.4, -0.2) is 36.2 Å². The van der Waals surface area contributed by atoms with E-state index in [1.807, 2.05) is 13.8 Å². The Balaban J connectivity index is 1.62. The zero-order valence-corrected chi connectivity index (χ0v) is 18.6. The van der Waals surface area contributed by atoms with Crippen molar-refractivity contribution in [3.8, 4) is 10.4 Å². The van der Waals surface area contributed by atoms with Crippen LogP contribution in [0.3, 0.4) is 0 Å². The second kappa shape index (κ2) is 9.55. The van der Waals surface area contributed by atoms with Gasteiger partial charge in [-0.1, -0.05) is 0 Å². The Morgan fingerprint density at radius 1 is 1.27 bits per heavy atom. The summed E-state index contributed by atoms with van der Waals surface area (Å²) in [5.74, 6) is -0.203. The Kier molecular flexibility index (Phi) is 7.07. The van der Waals surface area contributed by atoms with Crippen molar-refractivity contribution in [2.75, 3.05) is 11.9 Å². The minimum absolute atomic E-state index is 0.121. The second-order valence-electron chi connectivity index (χ2n) is 7.95. The first kappa shape index (κ1) is 22.2. The van der Waals surface area contributed by atoms with Gasteiger partial charge in [-0.3, -0.25) is 4.79 Å². The minimum Gasteiger partial charge on any atom is -0.447 e. The molecule has 1 fully saturated rings. The highest BCUT2D eigenvalue weighted by atomic mass is 32.1. The number of hydrogen-bond donors (Lipinski definition) is 1. The van der Waals surface area contributed by atoms with Crippen LogP contribution in [0.25, 0.3) is 10.4 Å². The molecule has 1 saturated carbocycles. The van der Waals surface area contributed by atoms with Crippen LogP contribution in [0.1, 0.15) is 57.4 Å². The van der Waals surface area contributed by atoms with Crippen molar-refractivity contribution in [1.29, 1.82) is 0 Å². The first-order valence-electron chi connectivity index (χ1n) is 10.2. The maximum atomic E-state index is 14.7. The molecule has 0 aliphatic heterocycles. The van der Waals surface area contributed by atoms with Crippen LogP contribution < -0.4 is 10.2 Å². The number of hydrogen-bond acceptors (Lipinski definition) is 5. The molecule has 30 heavy (non-hydrogen) atoms. The van der Waals surface area contributed by atoms with Gasteiger partial charge in [-0.05, 0) is 57.7 Å². The number of halogens is 1. The summed E-state index contributed by atoms with van der Waals surface area (Å²) in [5, 5.41) is 3.92. The van der Waals surface area contributed by atoms with Gasteiger partial charge in [0.1, 0.15) is 5.82 Å². The number of alkyl carbamates (subject to hydrolysis) is 1. The fraction of sp³-hybridized carbons (Fsp3) is 0.500. The first-order valence-corrected chi connectivity index (χ1v) is 11.0. The average molecular weight is 434 g/mol. The van der Waals surface area contributed by atoms with E-state index < -0.39 is 0 Å². The number of ether oxygens (including phenoxy) is 1. The lowest BCUT2D eigenvalue weighted by molar-refractivity contribution is -0.116. The molecule has 6 nitrogen and oxygen atoms in total. The van der Waals surface area contributed by atoms with Crippen LogP contribution in [0, 0.1) is 5.82 Å². The van der Waals surface area contributed by atoms with Crippen LogP contribution in [0.15, 0.2) is 24.4 Å². The zero-order valence-electron chi connectivity index (χ0n) is 17.8. The van der Waals surface area contributed by atoms with Crippen molar-refractivity contribution < 1.29 is 18.7 Å². The summed E-state index contributed by atoms with van der Waals surface area (Å²) in [7, 11) is 1.62. The zero-order chi connectivity index (χ0) is 21.8. The molecule has 0 saturated heterocycles. The number of nitrogens with one attached hydrogen (secondary N) is 1. The largest absolute Gasteiger partial charge is 0.447 e. The molecule has 0 unspecified atom stereocenters. The van der Waals surface area contributed by atoms with Gasteiger partial charge in [-0.2, -0.15) is 0 Å². The molecule has 162 valence electrons. The van der Waals surface area contributed by atoms with E-state index in [-0.39, 0.29) is 30.0 Å². The monoisotopic (exact) mass is 433 g/mol. The second-order valence-corrected chi connectivity index (χ2v) is 9.01. The molecule has 0 radical (unpaired) electrons. The van der Waals surface area contributed by atoms with E-state index in [1.54, 1.807) is 25.4 Å². The molecule has 1 N–H and O–H groups in total. The smallest absolute Gasteiger partial charge is 0.407 e. The van der Waals surface area contributed by atoms with Crippen molar-refractivity contribution in [1.82, 2.24) is 10.3 Å². The van der Waals surface area contributed by atoms with Gasteiger partial charge in [0.2, 0.25) is 5.91 Å². The number of benzene rings is 1. The predicted octanol–water partition coefficient (Wildman–Crippen LogP) is 5.09. The standard InChI is InChI=1S/C22H28FN3O3S/c1-13(2)29-22(28)25-16-7-5-15(6-8-16)21-24-12-20(30-21)18-10-9-17(11-19(18)23)26(4)14(3)27/h9-13,15-16H,5-8H2,1-4H3,(H,25,28). The van der Waals surface area contributed by atoms with E-state index in [0.717, 1.165) is 35.6 Å². The van der Waals surface area contributed by atoms with Gasteiger partial charge in [-0.25, -0.2) is 14.2 Å². The van der Waals surface area contributed by atoms with Gasteiger partial charge in [0.05, 0.1) is 16.0 Å². The van der Waals surface area contributed by atoms with E-state index >= 15 is 0 Å². The third kappa shape index (κ3) is 5.36. The summed E-state index contributed by atoms with van der Waals surface area (Å²) in [6.45, 7) is 5.10. The molecule has 8 heteroatoms. The van der Waals surface area contributed by atoms with Gasteiger partial charge in [0.25, 0.3) is 0 Å². The van der Waals surface area contributed by atoms with Gasteiger partial charge < -0.3 is 15.0 Å². The SMILES string of the molecule is CC(=O)N(C)c1ccc(-c2cnc(C3CCC(NC(=O)OC(C)C)CC3)s2)c(F)c1. The highest BCUT2D eigenvalue weighted by Crippen LogP contribution is 2.38. The normalized spacial score (nSPS) is 18.9. The van der Waals surface area contributed by atoms with Crippen molar-refractivity contribution in [3.05, 3.63) is 35.2 Å². The minimum atomic E-state index is -0.368. The molecule has 2 aromatic rings. The summed E-state index contributed by atoms with van der Waals surface area (Å²) >= 11 is 1.51. The van der Waals surface area contributed by atoms with Gasteiger partial charge >= 0.3 is 6.09 Å². The van der Waals surface area contributed by atoms with Crippen molar-refractivity contribution in [2.24, 2.45) is 0 Å². The number of thiazole rings is 1. The molecule has 1 heterocycles. The third-order valence-electron chi connectivity index (χ3n) is 5.34. The number of nitrogens with zero attached hydrogens (tertiary/aromatic N) is 2. The van der Waals surface area contributed by atoms with Gasteiger partial charge in [0, 0.05) is 43.4 Å². The Hall–Kier alpha value is -2.48. The van der Waals surface area contributed by atoms with E-state index in [2.05, 4.69) is 10.3 Å². The number of carbonyl (C=O) groups is 2. The Labute approximate surface area is 180 Å². The summed E-state index contributed by atoms with van der Waals surface area (Å²) in [6.07, 6.45) is 4.80. The van der Waals surface area contributed by atoms with Gasteiger partial charge in [-0.15, -0.1) is 11.3 Å². The average Bonchev–Trinajstić information content (AvgIpc) is 3.17. The molecular formula is C22H28FN3O3S. The lowest BCUT2D eigenvalue weighted by Gasteiger charge is -2.28. The fourth-order valence-electron chi connectivity index (χ4n) is 3.59. The summed E-state index contributed by atoms with van der Waals surface area (Å²) in [5.41, 5.74) is 1.02. The quantitative estimate of drug-likeness (QED) is 0.713. The maximum Gasteiger partial charge on any atom is 0.407 e. The molecule has 1 aliphatic rings.